The number of nitrogens with one attached hydrogen (secondary N) is 1. The number of methoxy groups -OCH3 is 1. The predicted octanol–water partition coefficient (Wildman–Crippen LogP) is 2.75. The molecule has 0 spiro atoms. The van der Waals surface area contributed by atoms with Crippen LogP contribution in [0.3, 0.4) is 0 Å². The van der Waals surface area contributed by atoms with E-state index in [2.05, 4.69) is 25.5 Å². The summed E-state index contributed by atoms with van der Waals surface area (Å²) in [6, 6.07) is 3.63. The number of rotatable bonds is 4. The molecule has 1 aliphatic heterocycles. The van der Waals surface area contributed by atoms with Crippen LogP contribution in [-0.4, -0.2) is 63.0 Å². The lowest BCUT2D eigenvalue weighted by atomic mass is 10.1. The van der Waals surface area contributed by atoms with Crippen molar-refractivity contribution in [2.45, 2.75) is 45.3 Å². The number of anilines is 1. The molecule has 9 heteroatoms. The molecule has 1 saturated heterocycles. The first-order chi connectivity index (χ1) is 13.4. The van der Waals surface area contributed by atoms with Gasteiger partial charge in [0.05, 0.1) is 24.6 Å². The van der Waals surface area contributed by atoms with E-state index in [-0.39, 0.29) is 12.1 Å². The summed E-state index contributed by atoms with van der Waals surface area (Å²) >= 11 is 0. The Labute approximate surface area is 164 Å². The van der Waals surface area contributed by atoms with Crippen LogP contribution >= 0.6 is 0 Å². The summed E-state index contributed by atoms with van der Waals surface area (Å²) in [4.78, 5) is 22.9. The molecule has 3 heterocycles. The molecule has 1 aliphatic rings. The number of ether oxygens (including phenoxy) is 2. The number of piperidine rings is 1. The van der Waals surface area contributed by atoms with Gasteiger partial charge in [0.25, 0.3) is 0 Å². The number of likely N-dealkylation sites (tertiary alicyclic amines) is 1. The topological polar surface area (TPSA) is 102 Å². The molecule has 1 unspecified atom stereocenters. The van der Waals surface area contributed by atoms with E-state index in [1.54, 1.807) is 36.5 Å². The smallest absolute Gasteiger partial charge is 0.410 e. The van der Waals surface area contributed by atoms with Gasteiger partial charge in [-0.2, -0.15) is 5.10 Å². The molecular weight excluding hydrogens is 360 g/mol. The molecule has 0 bridgehead atoms. The van der Waals surface area contributed by atoms with Gasteiger partial charge >= 0.3 is 6.09 Å². The largest absolute Gasteiger partial charge is 0.479 e. The Hall–Kier alpha value is -2.97. The van der Waals surface area contributed by atoms with Gasteiger partial charge < -0.3 is 19.7 Å². The molecule has 3 rings (SSSR count). The van der Waals surface area contributed by atoms with Crippen molar-refractivity contribution in [2.24, 2.45) is 0 Å². The molecule has 0 saturated carbocycles. The molecule has 2 aromatic rings. The van der Waals surface area contributed by atoms with Gasteiger partial charge in [-0.05, 0) is 45.7 Å². The van der Waals surface area contributed by atoms with Crippen molar-refractivity contribution in [3.05, 3.63) is 24.5 Å². The molecule has 1 N–H and O–H groups in total. The summed E-state index contributed by atoms with van der Waals surface area (Å²) < 4.78 is 10.7. The van der Waals surface area contributed by atoms with E-state index in [1.807, 2.05) is 20.8 Å². The van der Waals surface area contributed by atoms with E-state index in [0.29, 0.717) is 30.6 Å². The molecule has 0 radical (unpaired) electrons. The summed E-state index contributed by atoms with van der Waals surface area (Å²) in [6.07, 6.45) is 4.79. The third-order valence-electron chi connectivity index (χ3n) is 4.22. The van der Waals surface area contributed by atoms with Gasteiger partial charge in [-0.1, -0.05) is 0 Å². The molecule has 0 aliphatic carbocycles. The lowest BCUT2D eigenvalue weighted by Gasteiger charge is -2.34. The average Bonchev–Trinajstić information content (AvgIpc) is 2.67. The number of hydrogen-bond acceptors (Lipinski definition) is 8. The average molecular weight is 386 g/mol. The Morgan fingerprint density at radius 2 is 2.11 bits per heavy atom. The standard InChI is InChI=1S/C19H26N6O3/c1-19(2,3)28-18(26)25-11-5-6-13(12-25)22-17-20-9-8-15(23-17)14-7-10-21-24-16(14)27-4/h7-10,13H,5-6,11-12H2,1-4H3,(H,20,22,23). The van der Waals surface area contributed by atoms with Gasteiger partial charge in [0.1, 0.15) is 5.60 Å². The van der Waals surface area contributed by atoms with Crippen molar-refractivity contribution < 1.29 is 14.3 Å². The Bertz CT molecular complexity index is 823. The minimum Gasteiger partial charge on any atom is -0.479 e. The molecule has 9 nitrogen and oxygen atoms in total. The van der Waals surface area contributed by atoms with Crippen LogP contribution in [0.1, 0.15) is 33.6 Å². The lowest BCUT2D eigenvalue weighted by molar-refractivity contribution is 0.0206. The van der Waals surface area contributed by atoms with Crippen LogP contribution in [0.5, 0.6) is 5.88 Å². The highest BCUT2D eigenvalue weighted by atomic mass is 16.6. The zero-order valence-corrected chi connectivity index (χ0v) is 16.7. The SMILES string of the molecule is COc1nnccc1-c1ccnc(NC2CCCN(C(=O)OC(C)(C)C)C2)n1. The van der Waals surface area contributed by atoms with Crippen LogP contribution in [-0.2, 0) is 4.74 Å². The van der Waals surface area contributed by atoms with Gasteiger partial charge in [0.15, 0.2) is 0 Å². The first-order valence-electron chi connectivity index (χ1n) is 9.29. The van der Waals surface area contributed by atoms with E-state index in [1.165, 1.54) is 0 Å². The van der Waals surface area contributed by atoms with Crippen LogP contribution in [0.2, 0.25) is 0 Å². The summed E-state index contributed by atoms with van der Waals surface area (Å²) in [5.41, 5.74) is 0.915. The van der Waals surface area contributed by atoms with Gasteiger partial charge in [0, 0.05) is 25.3 Å². The zero-order valence-electron chi connectivity index (χ0n) is 16.7. The second kappa shape index (κ2) is 8.37. The van der Waals surface area contributed by atoms with Crippen LogP contribution in [0.15, 0.2) is 24.5 Å². The molecule has 0 aromatic carbocycles. The Morgan fingerprint density at radius 3 is 2.86 bits per heavy atom. The number of nitrogens with zero attached hydrogens (tertiary/aromatic N) is 5. The second-order valence-corrected chi connectivity index (χ2v) is 7.63. The van der Waals surface area contributed by atoms with Crippen molar-refractivity contribution in [2.75, 3.05) is 25.5 Å². The van der Waals surface area contributed by atoms with Crippen molar-refractivity contribution in [3.63, 3.8) is 0 Å². The Morgan fingerprint density at radius 1 is 1.29 bits per heavy atom. The predicted molar refractivity (Wildman–Crippen MR) is 104 cm³/mol. The minimum atomic E-state index is -0.507. The third-order valence-corrected chi connectivity index (χ3v) is 4.22. The highest BCUT2D eigenvalue weighted by Crippen LogP contribution is 2.26. The third kappa shape index (κ3) is 5.05. The molecule has 1 atom stereocenters. The first kappa shape index (κ1) is 19.8. The van der Waals surface area contributed by atoms with Gasteiger partial charge in [-0.25, -0.2) is 14.8 Å². The molecule has 28 heavy (non-hydrogen) atoms. The van der Waals surface area contributed by atoms with Crippen LogP contribution in [0, 0.1) is 0 Å². The summed E-state index contributed by atoms with van der Waals surface area (Å²) in [5, 5.41) is 11.1. The summed E-state index contributed by atoms with van der Waals surface area (Å²) in [6.45, 7) is 6.83. The summed E-state index contributed by atoms with van der Waals surface area (Å²) in [7, 11) is 1.54. The maximum absolute atomic E-state index is 12.3. The van der Waals surface area contributed by atoms with Crippen LogP contribution in [0.4, 0.5) is 10.7 Å². The van der Waals surface area contributed by atoms with E-state index in [4.69, 9.17) is 9.47 Å². The number of carbonyl (C=O) groups is 1. The maximum atomic E-state index is 12.3. The Balaban J connectivity index is 1.69. The first-order valence-corrected chi connectivity index (χ1v) is 9.29. The second-order valence-electron chi connectivity index (χ2n) is 7.63. The monoisotopic (exact) mass is 386 g/mol. The van der Waals surface area contributed by atoms with Crippen LogP contribution in [0.25, 0.3) is 11.3 Å². The van der Waals surface area contributed by atoms with Crippen LogP contribution < -0.4 is 10.1 Å². The van der Waals surface area contributed by atoms with Gasteiger partial charge in [0.2, 0.25) is 11.8 Å². The Kier molecular flexibility index (Phi) is 5.91. The van der Waals surface area contributed by atoms with E-state index < -0.39 is 5.60 Å². The van der Waals surface area contributed by atoms with Crippen molar-refractivity contribution in [3.8, 4) is 17.1 Å². The van der Waals surface area contributed by atoms with Crippen molar-refractivity contribution >= 4 is 12.0 Å². The molecule has 1 amide bonds. The molecular formula is C19H26N6O3. The fourth-order valence-electron chi connectivity index (χ4n) is 3.01. The van der Waals surface area contributed by atoms with Gasteiger partial charge in [-0.15, -0.1) is 5.10 Å². The number of hydrogen-bond donors (Lipinski definition) is 1. The van der Waals surface area contributed by atoms with Crippen molar-refractivity contribution in [1.82, 2.24) is 25.1 Å². The van der Waals surface area contributed by atoms with E-state index in [9.17, 15) is 4.79 Å². The molecule has 150 valence electrons. The van der Waals surface area contributed by atoms with Gasteiger partial charge in [-0.3, -0.25) is 0 Å². The minimum absolute atomic E-state index is 0.0500. The molecule has 2 aromatic heterocycles. The fraction of sp³-hybridized carbons (Fsp3) is 0.526. The zero-order chi connectivity index (χ0) is 20.1. The fourth-order valence-corrected chi connectivity index (χ4v) is 3.01. The lowest BCUT2D eigenvalue weighted by Crippen LogP contribution is -2.47. The highest BCUT2D eigenvalue weighted by Gasteiger charge is 2.28. The maximum Gasteiger partial charge on any atom is 0.410 e. The van der Waals surface area contributed by atoms with E-state index in [0.717, 1.165) is 18.4 Å². The number of carbonyl (C=O) groups excluding carboxylic acids is 1. The quantitative estimate of drug-likeness (QED) is 0.856. The summed E-state index contributed by atoms with van der Waals surface area (Å²) in [5.74, 6) is 0.897. The molecule has 1 fully saturated rings. The highest BCUT2D eigenvalue weighted by molar-refractivity contribution is 5.68. The number of aromatic nitrogens is 4. The van der Waals surface area contributed by atoms with E-state index >= 15 is 0 Å². The normalized spacial score (nSPS) is 17.1. The number of amides is 1. The van der Waals surface area contributed by atoms with Crippen molar-refractivity contribution in [1.29, 1.82) is 0 Å².